The molecule has 0 saturated heterocycles. The molecule has 0 atom stereocenters. The van der Waals surface area contributed by atoms with E-state index >= 15 is 0 Å². The number of hydrogen-bond donors (Lipinski definition) is 0. The number of imidazole rings is 1. The second-order valence-electron chi connectivity index (χ2n) is 7.31. The van der Waals surface area contributed by atoms with E-state index in [9.17, 15) is 9.59 Å². The number of hydrogen-bond acceptors (Lipinski definition) is 2. The van der Waals surface area contributed by atoms with E-state index in [0.717, 1.165) is 28.7 Å². The zero-order chi connectivity index (χ0) is 20.9. The van der Waals surface area contributed by atoms with Crippen molar-refractivity contribution in [1.82, 2.24) is 9.13 Å². The van der Waals surface area contributed by atoms with Crippen molar-refractivity contribution in [3.05, 3.63) is 101 Å². The highest BCUT2D eigenvalue weighted by Gasteiger charge is 2.20. The first-order chi connectivity index (χ1) is 14.7. The normalized spacial score (nSPS) is 11.0. The quantitative estimate of drug-likeness (QED) is 0.461. The van der Waals surface area contributed by atoms with Gasteiger partial charge in [-0.25, -0.2) is 4.79 Å². The lowest BCUT2D eigenvalue weighted by atomic mass is 10.2. The molecule has 1 heterocycles. The predicted octanol–water partition coefficient (Wildman–Crippen LogP) is 4.45. The monoisotopic (exact) mass is 399 g/mol. The van der Waals surface area contributed by atoms with Gasteiger partial charge in [0.15, 0.2) is 0 Å². The van der Waals surface area contributed by atoms with E-state index < -0.39 is 0 Å². The van der Waals surface area contributed by atoms with Gasteiger partial charge in [-0.2, -0.15) is 0 Å². The number of nitrogens with zero attached hydrogens (tertiary/aromatic N) is 3. The lowest BCUT2D eigenvalue weighted by molar-refractivity contribution is -0.119. The molecule has 1 aromatic heterocycles. The van der Waals surface area contributed by atoms with E-state index in [-0.39, 0.29) is 18.1 Å². The SMILES string of the molecule is CCCn1c(=O)n(CC(=O)N(Cc2ccccc2)c2ccccc2)c2ccccc21. The second-order valence-corrected chi connectivity index (χ2v) is 7.31. The van der Waals surface area contributed by atoms with E-state index in [1.807, 2.05) is 91.9 Å². The van der Waals surface area contributed by atoms with Crippen molar-refractivity contribution in [2.75, 3.05) is 4.90 Å². The number of amides is 1. The number of anilines is 1. The number of rotatable bonds is 7. The topological polar surface area (TPSA) is 47.2 Å². The summed E-state index contributed by atoms with van der Waals surface area (Å²) >= 11 is 0. The minimum atomic E-state index is -0.140. The third kappa shape index (κ3) is 3.92. The number of aromatic nitrogens is 2. The van der Waals surface area contributed by atoms with Crippen LogP contribution in [0.15, 0.2) is 89.7 Å². The Kier molecular flexibility index (Phi) is 5.80. The fourth-order valence-electron chi connectivity index (χ4n) is 3.78. The summed E-state index contributed by atoms with van der Waals surface area (Å²) in [5.74, 6) is -0.119. The van der Waals surface area contributed by atoms with Crippen molar-refractivity contribution in [2.45, 2.75) is 33.0 Å². The molecule has 3 aromatic carbocycles. The highest BCUT2D eigenvalue weighted by molar-refractivity contribution is 5.94. The van der Waals surface area contributed by atoms with Crippen molar-refractivity contribution in [3.8, 4) is 0 Å². The van der Waals surface area contributed by atoms with E-state index in [0.29, 0.717) is 13.1 Å². The van der Waals surface area contributed by atoms with Crippen molar-refractivity contribution >= 4 is 22.6 Å². The molecule has 0 bridgehead atoms. The van der Waals surface area contributed by atoms with Gasteiger partial charge in [0.2, 0.25) is 5.91 Å². The van der Waals surface area contributed by atoms with Crippen LogP contribution in [0.2, 0.25) is 0 Å². The van der Waals surface area contributed by atoms with Crippen LogP contribution in [0.3, 0.4) is 0 Å². The molecule has 152 valence electrons. The Balaban J connectivity index is 1.71. The molecule has 0 aliphatic carbocycles. The molecule has 5 heteroatoms. The molecular formula is C25H25N3O2. The summed E-state index contributed by atoms with van der Waals surface area (Å²) in [6.07, 6.45) is 0.853. The summed E-state index contributed by atoms with van der Waals surface area (Å²) in [6.45, 7) is 3.12. The van der Waals surface area contributed by atoms with Gasteiger partial charge < -0.3 is 4.90 Å². The molecule has 4 aromatic rings. The van der Waals surface area contributed by atoms with Crippen molar-refractivity contribution in [1.29, 1.82) is 0 Å². The molecule has 5 nitrogen and oxygen atoms in total. The summed E-state index contributed by atoms with van der Waals surface area (Å²) in [4.78, 5) is 28.3. The van der Waals surface area contributed by atoms with Crippen LogP contribution in [0.25, 0.3) is 11.0 Å². The summed E-state index contributed by atoms with van der Waals surface area (Å²) in [5, 5.41) is 0. The standard InChI is InChI=1S/C25H25N3O2/c1-2-17-26-22-15-9-10-16-23(22)28(25(26)30)19-24(29)27(21-13-7-4-8-14-21)18-20-11-5-3-6-12-20/h3-16H,2,17-19H2,1H3. The van der Waals surface area contributed by atoms with Crippen LogP contribution < -0.4 is 10.6 Å². The third-order valence-corrected chi connectivity index (χ3v) is 5.22. The first-order valence-corrected chi connectivity index (χ1v) is 10.3. The van der Waals surface area contributed by atoms with Gasteiger partial charge in [0.1, 0.15) is 6.54 Å². The Bertz CT molecular complexity index is 1190. The number of carbonyl (C=O) groups is 1. The van der Waals surface area contributed by atoms with Crippen molar-refractivity contribution in [2.24, 2.45) is 0 Å². The van der Waals surface area contributed by atoms with Crippen LogP contribution in [0.4, 0.5) is 5.69 Å². The fraction of sp³-hybridized carbons (Fsp3) is 0.200. The largest absolute Gasteiger partial charge is 0.329 e. The maximum Gasteiger partial charge on any atom is 0.329 e. The van der Waals surface area contributed by atoms with Gasteiger partial charge in [0, 0.05) is 12.2 Å². The number of fused-ring (bicyclic) bond motifs is 1. The molecule has 0 saturated carbocycles. The van der Waals surface area contributed by atoms with E-state index in [1.54, 1.807) is 14.0 Å². The smallest absolute Gasteiger partial charge is 0.306 e. The van der Waals surface area contributed by atoms with Crippen molar-refractivity contribution < 1.29 is 4.79 Å². The van der Waals surface area contributed by atoms with Crippen molar-refractivity contribution in [3.63, 3.8) is 0 Å². The Hall–Kier alpha value is -3.60. The highest BCUT2D eigenvalue weighted by atomic mass is 16.2. The molecule has 0 radical (unpaired) electrons. The fourth-order valence-corrected chi connectivity index (χ4v) is 3.78. The zero-order valence-corrected chi connectivity index (χ0v) is 17.1. The average molecular weight is 399 g/mol. The maximum absolute atomic E-state index is 13.4. The first-order valence-electron chi connectivity index (χ1n) is 10.3. The molecule has 0 unspecified atom stereocenters. The van der Waals surface area contributed by atoms with E-state index in [1.165, 1.54) is 0 Å². The van der Waals surface area contributed by atoms with Gasteiger partial charge in [-0.3, -0.25) is 13.9 Å². The minimum absolute atomic E-state index is 0.00219. The maximum atomic E-state index is 13.4. The summed E-state index contributed by atoms with van der Waals surface area (Å²) in [7, 11) is 0. The molecule has 0 N–H and O–H groups in total. The van der Waals surface area contributed by atoms with Crippen LogP contribution in [0.5, 0.6) is 0 Å². The average Bonchev–Trinajstić information content (AvgIpc) is 3.05. The molecule has 0 fully saturated rings. The lowest BCUT2D eigenvalue weighted by Crippen LogP contribution is -2.36. The molecule has 4 rings (SSSR count). The molecule has 30 heavy (non-hydrogen) atoms. The first kappa shape index (κ1) is 19.7. The predicted molar refractivity (Wildman–Crippen MR) is 121 cm³/mol. The number of para-hydroxylation sites is 3. The van der Waals surface area contributed by atoms with Gasteiger partial charge in [0.25, 0.3) is 0 Å². The number of carbonyl (C=O) groups excluding carboxylic acids is 1. The summed E-state index contributed by atoms with van der Waals surface area (Å²) in [6, 6.07) is 27.2. The van der Waals surface area contributed by atoms with Crippen LogP contribution >= 0.6 is 0 Å². The molecule has 0 spiro atoms. The van der Waals surface area contributed by atoms with Gasteiger partial charge >= 0.3 is 5.69 Å². The van der Waals surface area contributed by atoms with Crippen LogP contribution in [0, 0.1) is 0 Å². The van der Waals surface area contributed by atoms with Crippen LogP contribution in [-0.2, 0) is 24.4 Å². The Morgan fingerprint density at radius 1 is 0.800 bits per heavy atom. The highest BCUT2D eigenvalue weighted by Crippen LogP contribution is 2.19. The second kappa shape index (κ2) is 8.82. The van der Waals surface area contributed by atoms with E-state index in [4.69, 9.17) is 0 Å². The van der Waals surface area contributed by atoms with Crippen LogP contribution in [-0.4, -0.2) is 15.0 Å². The summed E-state index contributed by atoms with van der Waals surface area (Å²) < 4.78 is 3.35. The lowest BCUT2D eigenvalue weighted by Gasteiger charge is -2.23. The van der Waals surface area contributed by atoms with Crippen LogP contribution in [0.1, 0.15) is 18.9 Å². The molecule has 1 amide bonds. The molecular weight excluding hydrogens is 374 g/mol. The Labute approximate surface area is 175 Å². The summed E-state index contributed by atoms with van der Waals surface area (Å²) in [5.41, 5.74) is 3.37. The van der Waals surface area contributed by atoms with Gasteiger partial charge in [0.05, 0.1) is 17.6 Å². The van der Waals surface area contributed by atoms with Gasteiger partial charge in [-0.15, -0.1) is 0 Å². The van der Waals surface area contributed by atoms with E-state index in [2.05, 4.69) is 0 Å². The number of aryl methyl sites for hydroxylation is 1. The van der Waals surface area contributed by atoms with Gasteiger partial charge in [-0.05, 0) is 36.2 Å². The molecule has 0 aliphatic heterocycles. The molecule has 0 aliphatic rings. The Morgan fingerprint density at radius 3 is 2.00 bits per heavy atom. The minimum Gasteiger partial charge on any atom is -0.306 e. The Morgan fingerprint density at radius 2 is 1.37 bits per heavy atom. The third-order valence-electron chi connectivity index (χ3n) is 5.22. The van der Waals surface area contributed by atoms with Gasteiger partial charge in [-0.1, -0.05) is 67.6 Å². The number of benzene rings is 3. The zero-order valence-electron chi connectivity index (χ0n) is 17.1.